The van der Waals surface area contributed by atoms with Gasteiger partial charge in [0, 0.05) is 24.0 Å². The van der Waals surface area contributed by atoms with Crippen molar-refractivity contribution in [2.75, 3.05) is 13.2 Å². The maximum absolute atomic E-state index is 12.3. The number of hydrogen-bond acceptors (Lipinski definition) is 3. The molecule has 0 atom stereocenters. The van der Waals surface area contributed by atoms with Gasteiger partial charge in [-0.1, -0.05) is 78.4 Å². The van der Waals surface area contributed by atoms with Crippen LogP contribution in [-0.4, -0.2) is 24.2 Å². The smallest absolute Gasteiger partial charge is 0.407 e. The molecule has 1 aliphatic rings. The Morgan fingerprint density at radius 1 is 1.00 bits per heavy atom. The number of rotatable bonds is 6. The van der Waals surface area contributed by atoms with Gasteiger partial charge in [0.1, 0.15) is 6.61 Å². The van der Waals surface area contributed by atoms with Crippen molar-refractivity contribution in [1.29, 1.82) is 0 Å². The lowest BCUT2D eigenvalue weighted by Gasteiger charge is -2.14. The number of nitrogens with zero attached hydrogens (tertiary/aromatic N) is 1. The Bertz CT molecular complexity index is 1300. The summed E-state index contributed by atoms with van der Waals surface area (Å²) in [6.07, 6.45) is 6.05. The van der Waals surface area contributed by atoms with Crippen molar-refractivity contribution >= 4 is 34.7 Å². The predicted molar refractivity (Wildman–Crippen MR) is 133 cm³/mol. The van der Waals surface area contributed by atoms with Crippen LogP contribution < -0.4 is 5.32 Å². The van der Waals surface area contributed by atoms with E-state index >= 15 is 0 Å². The lowest BCUT2D eigenvalue weighted by Crippen LogP contribution is -2.26. The first kappa shape index (κ1) is 21.2. The molecule has 1 N–H and O–H groups in total. The molecule has 164 valence electrons. The molecule has 1 amide bonds. The molecular formula is C28H23ClN2O2. The molecule has 0 fully saturated rings. The SMILES string of the molecule is O=C(NCCC=Cc1ccc2nccc(Cl)c2c1)OCC1c2ccccc2-c2ccccc21. The highest BCUT2D eigenvalue weighted by Crippen LogP contribution is 2.44. The van der Waals surface area contributed by atoms with Crippen LogP contribution in [0.4, 0.5) is 4.79 Å². The van der Waals surface area contributed by atoms with Gasteiger partial charge in [0.2, 0.25) is 0 Å². The van der Waals surface area contributed by atoms with E-state index < -0.39 is 6.09 Å². The number of nitrogens with one attached hydrogen (secondary N) is 1. The van der Waals surface area contributed by atoms with Crippen molar-refractivity contribution < 1.29 is 9.53 Å². The molecule has 0 spiro atoms. The summed E-state index contributed by atoms with van der Waals surface area (Å²) in [5.41, 5.74) is 6.77. The van der Waals surface area contributed by atoms with Gasteiger partial charge in [-0.15, -0.1) is 0 Å². The van der Waals surface area contributed by atoms with E-state index in [-0.39, 0.29) is 5.92 Å². The van der Waals surface area contributed by atoms with Crippen molar-refractivity contribution in [2.45, 2.75) is 12.3 Å². The Kier molecular flexibility index (Phi) is 6.09. The lowest BCUT2D eigenvalue weighted by atomic mass is 9.98. The van der Waals surface area contributed by atoms with Crippen LogP contribution in [-0.2, 0) is 4.74 Å². The third-order valence-electron chi connectivity index (χ3n) is 5.95. The van der Waals surface area contributed by atoms with Gasteiger partial charge in [-0.25, -0.2) is 4.79 Å². The third kappa shape index (κ3) is 4.48. The van der Waals surface area contributed by atoms with E-state index in [9.17, 15) is 4.79 Å². The van der Waals surface area contributed by atoms with E-state index in [0.717, 1.165) is 16.5 Å². The zero-order valence-electron chi connectivity index (χ0n) is 18.0. The molecule has 0 unspecified atom stereocenters. The van der Waals surface area contributed by atoms with E-state index in [1.54, 1.807) is 12.3 Å². The number of fused-ring (bicyclic) bond motifs is 4. The molecule has 3 aromatic carbocycles. The van der Waals surface area contributed by atoms with Crippen LogP contribution in [0.3, 0.4) is 0 Å². The molecule has 5 heteroatoms. The van der Waals surface area contributed by atoms with Crippen molar-refractivity contribution in [3.8, 4) is 11.1 Å². The van der Waals surface area contributed by atoms with Crippen LogP contribution in [0.5, 0.6) is 0 Å². The fourth-order valence-corrected chi connectivity index (χ4v) is 4.57. The van der Waals surface area contributed by atoms with Crippen LogP contribution in [0.2, 0.25) is 5.02 Å². The lowest BCUT2D eigenvalue weighted by molar-refractivity contribution is 0.143. The van der Waals surface area contributed by atoms with Gasteiger partial charge >= 0.3 is 6.09 Å². The van der Waals surface area contributed by atoms with Gasteiger partial charge < -0.3 is 10.1 Å². The van der Waals surface area contributed by atoms with Crippen LogP contribution in [0, 0.1) is 0 Å². The second-order valence-corrected chi connectivity index (χ2v) is 8.42. The summed E-state index contributed by atoms with van der Waals surface area (Å²) in [6.45, 7) is 0.824. The van der Waals surface area contributed by atoms with Crippen LogP contribution >= 0.6 is 11.6 Å². The first-order chi connectivity index (χ1) is 16.2. The molecule has 4 nitrogen and oxygen atoms in total. The second kappa shape index (κ2) is 9.47. The number of pyridine rings is 1. The summed E-state index contributed by atoms with van der Waals surface area (Å²) in [6, 6.07) is 24.4. The van der Waals surface area contributed by atoms with E-state index in [1.807, 2.05) is 54.6 Å². The summed E-state index contributed by atoms with van der Waals surface area (Å²) >= 11 is 6.25. The largest absolute Gasteiger partial charge is 0.449 e. The van der Waals surface area contributed by atoms with E-state index in [1.165, 1.54) is 22.3 Å². The van der Waals surface area contributed by atoms with Gasteiger partial charge in [0.05, 0.1) is 10.5 Å². The molecule has 4 aromatic rings. The minimum absolute atomic E-state index is 0.0669. The predicted octanol–water partition coefficient (Wildman–Crippen LogP) is 6.83. The maximum Gasteiger partial charge on any atom is 0.407 e. The van der Waals surface area contributed by atoms with Gasteiger partial charge in [0.25, 0.3) is 0 Å². The Labute approximate surface area is 197 Å². The molecule has 5 rings (SSSR count). The Morgan fingerprint density at radius 2 is 1.73 bits per heavy atom. The van der Waals surface area contributed by atoms with Crippen molar-refractivity contribution in [2.24, 2.45) is 0 Å². The monoisotopic (exact) mass is 454 g/mol. The quantitative estimate of drug-likeness (QED) is 0.325. The number of halogens is 1. The number of aromatic nitrogens is 1. The summed E-state index contributed by atoms with van der Waals surface area (Å²) < 4.78 is 5.57. The molecule has 1 heterocycles. The van der Waals surface area contributed by atoms with Gasteiger partial charge in [-0.05, 0) is 52.4 Å². The fraction of sp³-hybridized carbons (Fsp3) is 0.143. The second-order valence-electron chi connectivity index (χ2n) is 8.01. The number of ether oxygens (including phenoxy) is 1. The zero-order chi connectivity index (χ0) is 22.6. The molecule has 0 aliphatic heterocycles. The van der Waals surface area contributed by atoms with Gasteiger partial charge in [-0.2, -0.15) is 0 Å². The van der Waals surface area contributed by atoms with E-state index in [4.69, 9.17) is 16.3 Å². The molecule has 0 radical (unpaired) electrons. The number of alkyl carbamates (subject to hydrolysis) is 1. The number of hydrogen-bond donors (Lipinski definition) is 1. The van der Waals surface area contributed by atoms with Crippen LogP contribution in [0.15, 0.2) is 85.1 Å². The summed E-state index contributed by atoms with van der Waals surface area (Å²) in [4.78, 5) is 16.6. The molecule has 33 heavy (non-hydrogen) atoms. The molecule has 1 aromatic heterocycles. The normalized spacial score (nSPS) is 12.6. The van der Waals surface area contributed by atoms with Crippen molar-refractivity contribution in [3.63, 3.8) is 0 Å². The fourth-order valence-electron chi connectivity index (χ4n) is 4.36. The number of amides is 1. The highest BCUT2D eigenvalue weighted by atomic mass is 35.5. The third-order valence-corrected chi connectivity index (χ3v) is 6.28. The van der Waals surface area contributed by atoms with Crippen LogP contribution in [0.25, 0.3) is 28.1 Å². The number of carbonyl (C=O) groups excluding carboxylic acids is 1. The molecule has 0 saturated heterocycles. The van der Waals surface area contributed by atoms with Crippen LogP contribution in [0.1, 0.15) is 29.0 Å². The highest BCUT2D eigenvalue weighted by molar-refractivity contribution is 6.35. The van der Waals surface area contributed by atoms with Crippen molar-refractivity contribution in [3.05, 3.63) is 107 Å². The summed E-state index contributed by atoms with van der Waals surface area (Å²) in [5, 5.41) is 4.45. The Balaban J connectivity index is 1.13. The average molecular weight is 455 g/mol. The molecule has 0 bridgehead atoms. The molecule has 1 aliphatic carbocycles. The molecular weight excluding hydrogens is 432 g/mol. The summed E-state index contributed by atoms with van der Waals surface area (Å²) in [5.74, 6) is 0.0669. The Hall–Kier alpha value is -3.63. The van der Waals surface area contributed by atoms with E-state index in [2.05, 4.69) is 34.6 Å². The minimum atomic E-state index is -0.395. The first-order valence-electron chi connectivity index (χ1n) is 11.0. The highest BCUT2D eigenvalue weighted by Gasteiger charge is 2.28. The van der Waals surface area contributed by atoms with E-state index in [0.29, 0.717) is 24.6 Å². The van der Waals surface area contributed by atoms with Gasteiger partial charge in [0.15, 0.2) is 0 Å². The number of benzene rings is 3. The Morgan fingerprint density at radius 3 is 2.48 bits per heavy atom. The van der Waals surface area contributed by atoms with Crippen molar-refractivity contribution in [1.82, 2.24) is 10.3 Å². The maximum atomic E-state index is 12.3. The topological polar surface area (TPSA) is 51.2 Å². The summed E-state index contributed by atoms with van der Waals surface area (Å²) in [7, 11) is 0. The molecule has 0 saturated carbocycles. The minimum Gasteiger partial charge on any atom is -0.449 e. The standard InChI is InChI=1S/C28H23ClN2O2/c29-26-14-16-30-27-13-12-19(17-24(26)27)7-5-6-15-31-28(32)33-18-25-22-10-3-1-8-20(22)21-9-2-4-11-23(21)25/h1-5,7-14,16-17,25H,6,15,18H2,(H,31,32). The van der Waals surface area contributed by atoms with Gasteiger partial charge in [-0.3, -0.25) is 4.98 Å². The zero-order valence-corrected chi connectivity index (χ0v) is 18.8. The number of carbonyl (C=O) groups is 1. The average Bonchev–Trinajstić information content (AvgIpc) is 3.17. The first-order valence-corrected chi connectivity index (χ1v) is 11.4.